The summed E-state index contributed by atoms with van der Waals surface area (Å²) in [7, 11) is 5.39. The minimum absolute atomic E-state index is 0.0469. The minimum Gasteiger partial charge on any atom is -0.356 e. The fourth-order valence-corrected chi connectivity index (χ4v) is 0.888. The van der Waals surface area contributed by atoms with Gasteiger partial charge >= 0.3 is 0 Å². The lowest BCUT2D eigenvalue weighted by molar-refractivity contribution is 0.0827. The Kier molecular flexibility index (Phi) is 1.98. The number of rotatable bonds is 1. The van der Waals surface area contributed by atoms with E-state index in [0.717, 1.165) is 5.56 Å². The van der Waals surface area contributed by atoms with Crippen LogP contribution in [0, 0.1) is 0 Å². The number of amides is 1. The summed E-state index contributed by atoms with van der Waals surface area (Å²) in [6.07, 6.45) is 3.67. The van der Waals surface area contributed by atoms with Crippen LogP contribution in [0.4, 0.5) is 0 Å². The summed E-state index contributed by atoms with van der Waals surface area (Å²) in [5.74, 6) is 0.0469. The third-order valence-corrected chi connectivity index (χ3v) is 1.49. The standard InChI is InChI=1S/C8H12N2O/c1-9(2)8(11)7-4-5-10(3)6-7/h4-6H,1-3H3. The molecule has 0 radical (unpaired) electrons. The SMILES string of the molecule is CN(C)C(=O)c1ccn(C)c1. The summed E-state index contributed by atoms with van der Waals surface area (Å²) < 4.78 is 1.86. The van der Waals surface area contributed by atoms with Crippen LogP contribution in [0.1, 0.15) is 10.4 Å². The van der Waals surface area contributed by atoms with Gasteiger partial charge in [-0.05, 0) is 6.07 Å². The van der Waals surface area contributed by atoms with E-state index in [9.17, 15) is 4.79 Å². The van der Waals surface area contributed by atoms with Gasteiger partial charge in [0.2, 0.25) is 0 Å². The van der Waals surface area contributed by atoms with Gasteiger partial charge in [-0.2, -0.15) is 0 Å². The summed E-state index contributed by atoms with van der Waals surface area (Å²) in [4.78, 5) is 12.8. The molecule has 1 amide bonds. The van der Waals surface area contributed by atoms with E-state index in [1.165, 1.54) is 0 Å². The first-order valence-corrected chi connectivity index (χ1v) is 3.45. The van der Waals surface area contributed by atoms with Crippen molar-refractivity contribution in [2.75, 3.05) is 14.1 Å². The van der Waals surface area contributed by atoms with Crippen LogP contribution in [0.5, 0.6) is 0 Å². The van der Waals surface area contributed by atoms with Gasteiger partial charge in [-0.25, -0.2) is 0 Å². The molecule has 0 saturated carbocycles. The van der Waals surface area contributed by atoms with Gasteiger partial charge in [0, 0.05) is 33.5 Å². The van der Waals surface area contributed by atoms with E-state index in [1.807, 2.05) is 30.1 Å². The van der Waals surface area contributed by atoms with Crippen LogP contribution in [-0.4, -0.2) is 29.5 Å². The van der Waals surface area contributed by atoms with Crippen LogP contribution in [0.25, 0.3) is 0 Å². The van der Waals surface area contributed by atoms with E-state index < -0.39 is 0 Å². The molecule has 1 aromatic heterocycles. The third-order valence-electron chi connectivity index (χ3n) is 1.49. The van der Waals surface area contributed by atoms with E-state index in [0.29, 0.717) is 0 Å². The molecule has 0 aliphatic heterocycles. The third kappa shape index (κ3) is 1.61. The molecule has 0 bridgehead atoms. The Labute approximate surface area is 66.2 Å². The summed E-state index contributed by atoms with van der Waals surface area (Å²) in [6, 6.07) is 1.81. The van der Waals surface area contributed by atoms with Gasteiger partial charge in [-0.1, -0.05) is 0 Å². The second-order valence-corrected chi connectivity index (χ2v) is 2.77. The highest BCUT2D eigenvalue weighted by atomic mass is 16.2. The van der Waals surface area contributed by atoms with Crippen LogP contribution in [0.15, 0.2) is 18.5 Å². The van der Waals surface area contributed by atoms with Crippen LogP contribution in [-0.2, 0) is 7.05 Å². The van der Waals surface area contributed by atoms with Crippen LogP contribution < -0.4 is 0 Å². The zero-order valence-electron chi connectivity index (χ0n) is 7.03. The maximum Gasteiger partial charge on any atom is 0.254 e. The molecule has 0 spiro atoms. The average Bonchev–Trinajstić information content (AvgIpc) is 2.34. The molecule has 0 aromatic carbocycles. The van der Waals surface area contributed by atoms with Gasteiger partial charge in [0.1, 0.15) is 0 Å². The Morgan fingerprint density at radius 1 is 1.55 bits per heavy atom. The van der Waals surface area contributed by atoms with Gasteiger partial charge < -0.3 is 9.47 Å². The van der Waals surface area contributed by atoms with E-state index in [1.54, 1.807) is 19.0 Å². The molecule has 0 unspecified atom stereocenters. The first-order chi connectivity index (χ1) is 5.11. The van der Waals surface area contributed by atoms with E-state index in [4.69, 9.17) is 0 Å². The van der Waals surface area contributed by atoms with Gasteiger partial charge in [0.05, 0.1) is 5.56 Å². The van der Waals surface area contributed by atoms with Gasteiger partial charge in [0.15, 0.2) is 0 Å². The fourth-order valence-electron chi connectivity index (χ4n) is 0.888. The molecule has 0 aliphatic carbocycles. The number of nitrogens with zero attached hydrogens (tertiary/aromatic N) is 2. The molecule has 3 heteroatoms. The summed E-state index contributed by atoms with van der Waals surface area (Å²) in [5.41, 5.74) is 0.734. The highest BCUT2D eigenvalue weighted by Crippen LogP contribution is 2.01. The van der Waals surface area contributed by atoms with Crippen LogP contribution >= 0.6 is 0 Å². The van der Waals surface area contributed by atoms with Crippen molar-refractivity contribution in [3.63, 3.8) is 0 Å². The predicted octanol–water partition coefficient (Wildman–Crippen LogP) is 0.727. The molecule has 0 fully saturated rings. The number of aromatic nitrogens is 1. The Morgan fingerprint density at radius 3 is 2.55 bits per heavy atom. The molecular weight excluding hydrogens is 140 g/mol. The lowest BCUT2D eigenvalue weighted by Gasteiger charge is -2.07. The Balaban J connectivity index is 2.85. The largest absolute Gasteiger partial charge is 0.356 e. The second kappa shape index (κ2) is 2.78. The molecule has 1 aromatic rings. The van der Waals surface area contributed by atoms with E-state index in [2.05, 4.69) is 0 Å². The van der Waals surface area contributed by atoms with Crippen molar-refractivity contribution >= 4 is 5.91 Å². The average molecular weight is 152 g/mol. The Morgan fingerprint density at radius 2 is 2.18 bits per heavy atom. The molecule has 0 atom stereocenters. The maximum absolute atomic E-state index is 11.3. The van der Waals surface area contributed by atoms with Crippen LogP contribution in [0.2, 0.25) is 0 Å². The molecule has 1 rings (SSSR count). The smallest absolute Gasteiger partial charge is 0.254 e. The zero-order chi connectivity index (χ0) is 8.43. The van der Waals surface area contributed by atoms with Crippen molar-refractivity contribution in [2.45, 2.75) is 0 Å². The quantitative estimate of drug-likeness (QED) is 0.582. The number of carbonyl (C=O) groups is 1. The fraction of sp³-hybridized carbons (Fsp3) is 0.375. The molecule has 60 valence electrons. The van der Waals surface area contributed by atoms with E-state index in [-0.39, 0.29) is 5.91 Å². The molecular formula is C8H12N2O. The van der Waals surface area contributed by atoms with Gasteiger partial charge in [0.25, 0.3) is 5.91 Å². The van der Waals surface area contributed by atoms with Crippen molar-refractivity contribution in [3.05, 3.63) is 24.0 Å². The predicted molar refractivity (Wildman–Crippen MR) is 43.4 cm³/mol. The van der Waals surface area contributed by atoms with Gasteiger partial charge in [-0.3, -0.25) is 4.79 Å². The van der Waals surface area contributed by atoms with E-state index >= 15 is 0 Å². The van der Waals surface area contributed by atoms with Crippen LogP contribution in [0.3, 0.4) is 0 Å². The van der Waals surface area contributed by atoms with Crippen molar-refractivity contribution in [2.24, 2.45) is 7.05 Å². The van der Waals surface area contributed by atoms with Crippen molar-refractivity contribution in [1.82, 2.24) is 9.47 Å². The normalized spacial score (nSPS) is 9.73. The lowest BCUT2D eigenvalue weighted by Crippen LogP contribution is -2.21. The number of aryl methyl sites for hydroxylation is 1. The van der Waals surface area contributed by atoms with Gasteiger partial charge in [-0.15, -0.1) is 0 Å². The van der Waals surface area contributed by atoms with Crippen molar-refractivity contribution < 1.29 is 4.79 Å². The topological polar surface area (TPSA) is 25.2 Å². The first kappa shape index (κ1) is 7.85. The van der Waals surface area contributed by atoms with Crippen molar-refractivity contribution in [1.29, 1.82) is 0 Å². The summed E-state index contributed by atoms with van der Waals surface area (Å²) in [6.45, 7) is 0. The molecule has 0 N–H and O–H groups in total. The molecule has 0 aliphatic rings. The highest BCUT2D eigenvalue weighted by molar-refractivity contribution is 5.93. The minimum atomic E-state index is 0.0469. The number of hydrogen-bond acceptors (Lipinski definition) is 1. The second-order valence-electron chi connectivity index (χ2n) is 2.77. The molecule has 3 nitrogen and oxygen atoms in total. The lowest BCUT2D eigenvalue weighted by atomic mass is 10.3. The Hall–Kier alpha value is -1.25. The number of carbonyl (C=O) groups excluding carboxylic acids is 1. The molecule has 1 heterocycles. The summed E-state index contributed by atoms with van der Waals surface area (Å²) >= 11 is 0. The zero-order valence-corrected chi connectivity index (χ0v) is 7.03. The Bertz CT molecular complexity index is 263. The maximum atomic E-state index is 11.3. The molecule has 11 heavy (non-hydrogen) atoms. The van der Waals surface area contributed by atoms with Crippen molar-refractivity contribution in [3.8, 4) is 0 Å². The first-order valence-electron chi connectivity index (χ1n) is 3.45. The monoisotopic (exact) mass is 152 g/mol. The molecule has 0 saturated heterocycles. The highest BCUT2D eigenvalue weighted by Gasteiger charge is 2.07. The summed E-state index contributed by atoms with van der Waals surface area (Å²) in [5, 5.41) is 0. The number of hydrogen-bond donors (Lipinski definition) is 0.